The number of nitrogens with zero attached hydrogens (tertiary/aromatic N) is 1. The highest BCUT2D eigenvalue weighted by Gasteiger charge is 2.18. The molecule has 0 saturated carbocycles. The number of carbonyl (C=O) groups is 1. The highest BCUT2D eigenvalue weighted by atomic mass is 32.2. The van der Waals surface area contributed by atoms with Crippen molar-refractivity contribution in [2.75, 3.05) is 11.1 Å². The van der Waals surface area contributed by atoms with Gasteiger partial charge in [-0.25, -0.2) is 13.4 Å². The molecule has 0 bridgehead atoms. The van der Waals surface area contributed by atoms with Crippen LogP contribution in [0, 0.1) is 6.92 Å². The third kappa shape index (κ3) is 3.98. The van der Waals surface area contributed by atoms with E-state index in [9.17, 15) is 13.2 Å². The number of fused-ring (bicyclic) bond motifs is 2. The van der Waals surface area contributed by atoms with Crippen molar-refractivity contribution in [3.63, 3.8) is 0 Å². The van der Waals surface area contributed by atoms with Crippen LogP contribution in [0.15, 0.2) is 77.7 Å². The van der Waals surface area contributed by atoms with Gasteiger partial charge in [-0.15, -0.1) is 0 Å². The van der Waals surface area contributed by atoms with Gasteiger partial charge in [0, 0.05) is 17.2 Å². The van der Waals surface area contributed by atoms with Crippen LogP contribution >= 0.6 is 0 Å². The first-order chi connectivity index (χ1) is 13.9. The Bertz CT molecular complexity index is 1260. The number of pyridine rings is 1. The van der Waals surface area contributed by atoms with E-state index in [-0.39, 0.29) is 23.0 Å². The van der Waals surface area contributed by atoms with Gasteiger partial charge in [0.25, 0.3) is 0 Å². The molecule has 4 rings (SSSR count). The number of benzene rings is 3. The third-order valence-electron chi connectivity index (χ3n) is 4.83. The highest BCUT2D eigenvalue weighted by molar-refractivity contribution is 7.91. The van der Waals surface area contributed by atoms with E-state index in [1.807, 2.05) is 55.5 Å². The summed E-state index contributed by atoms with van der Waals surface area (Å²) in [5.41, 5.74) is 3.18. The van der Waals surface area contributed by atoms with Crippen molar-refractivity contribution in [2.24, 2.45) is 0 Å². The highest BCUT2D eigenvalue weighted by Crippen LogP contribution is 2.30. The predicted molar refractivity (Wildman–Crippen MR) is 116 cm³/mol. The van der Waals surface area contributed by atoms with Crippen molar-refractivity contribution >= 4 is 43.2 Å². The minimum atomic E-state index is -3.52. The van der Waals surface area contributed by atoms with Crippen LogP contribution in [0.2, 0.25) is 0 Å². The van der Waals surface area contributed by atoms with Crippen LogP contribution in [-0.4, -0.2) is 25.1 Å². The third-order valence-corrected chi connectivity index (χ3v) is 6.56. The zero-order chi connectivity index (χ0) is 20.4. The summed E-state index contributed by atoms with van der Waals surface area (Å²) in [5.74, 6) is -0.592. The molecule has 0 saturated heterocycles. The average molecular weight is 404 g/mol. The molecule has 146 valence electrons. The molecule has 0 aliphatic rings. The van der Waals surface area contributed by atoms with Crippen molar-refractivity contribution in [1.29, 1.82) is 0 Å². The Morgan fingerprint density at radius 3 is 2.00 bits per heavy atom. The van der Waals surface area contributed by atoms with Gasteiger partial charge in [-0.05, 0) is 31.2 Å². The lowest BCUT2D eigenvalue weighted by Gasteiger charge is -2.12. The van der Waals surface area contributed by atoms with E-state index in [1.54, 1.807) is 24.3 Å². The summed E-state index contributed by atoms with van der Waals surface area (Å²) in [5, 5.41) is 4.56. The number of anilines is 1. The molecule has 29 heavy (non-hydrogen) atoms. The lowest BCUT2D eigenvalue weighted by atomic mass is 10.1. The number of aryl methyl sites for hydroxylation is 1. The van der Waals surface area contributed by atoms with Gasteiger partial charge in [0.05, 0.1) is 27.4 Å². The minimum Gasteiger partial charge on any atom is -0.325 e. The first-order valence-electron chi connectivity index (χ1n) is 9.31. The molecule has 6 heteroatoms. The summed E-state index contributed by atoms with van der Waals surface area (Å²) in [6.07, 6.45) is -0.124. The molecule has 0 spiro atoms. The van der Waals surface area contributed by atoms with Crippen molar-refractivity contribution in [3.8, 4) is 0 Å². The maximum Gasteiger partial charge on any atom is 0.225 e. The lowest BCUT2D eigenvalue weighted by molar-refractivity contribution is -0.115. The Hall–Kier alpha value is -3.25. The van der Waals surface area contributed by atoms with Gasteiger partial charge in [-0.2, -0.15) is 0 Å². The zero-order valence-corrected chi connectivity index (χ0v) is 16.7. The van der Waals surface area contributed by atoms with E-state index in [4.69, 9.17) is 0 Å². The number of hydrogen-bond acceptors (Lipinski definition) is 4. The van der Waals surface area contributed by atoms with Gasteiger partial charge < -0.3 is 5.32 Å². The Balaban J connectivity index is 1.60. The number of nitrogens with one attached hydrogen (secondary N) is 1. The Morgan fingerprint density at radius 2 is 1.41 bits per heavy atom. The maximum atomic E-state index is 12.6. The first kappa shape index (κ1) is 19.1. The molecule has 1 heterocycles. The topological polar surface area (TPSA) is 76.1 Å². The van der Waals surface area contributed by atoms with E-state index in [0.717, 1.165) is 27.4 Å². The predicted octanol–water partition coefficient (Wildman–Crippen LogP) is 4.50. The fourth-order valence-electron chi connectivity index (χ4n) is 3.27. The molecule has 4 aromatic rings. The monoisotopic (exact) mass is 404 g/mol. The molecule has 0 aliphatic carbocycles. The van der Waals surface area contributed by atoms with Crippen LogP contribution in [0.4, 0.5) is 5.69 Å². The summed E-state index contributed by atoms with van der Waals surface area (Å²) in [4.78, 5) is 17.5. The van der Waals surface area contributed by atoms with Gasteiger partial charge in [-0.3, -0.25) is 4.79 Å². The van der Waals surface area contributed by atoms with Crippen LogP contribution in [0.3, 0.4) is 0 Å². The maximum absolute atomic E-state index is 12.6. The first-order valence-corrected chi connectivity index (χ1v) is 11.0. The zero-order valence-electron chi connectivity index (χ0n) is 15.9. The van der Waals surface area contributed by atoms with Gasteiger partial charge in [-0.1, -0.05) is 54.1 Å². The van der Waals surface area contributed by atoms with Gasteiger partial charge >= 0.3 is 0 Å². The second kappa shape index (κ2) is 7.64. The molecule has 0 unspecified atom stereocenters. The number of carbonyl (C=O) groups excluding carboxylic acids is 1. The molecule has 1 amide bonds. The lowest BCUT2D eigenvalue weighted by Crippen LogP contribution is -2.18. The molecule has 0 radical (unpaired) electrons. The fourth-order valence-corrected chi connectivity index (χ4v) is 4.51. The summed E-state index contributed by atoms with van der Waals surface area (Å²) in [6, 6.07) is 21.8. The molecular weight excluding hydrogens is 384 g/mol. The van der Waals surface area contributed by atoms with Gasteiger partial charge in [0.15, 0.2) is 9.84 Å². The summed E-state index contributed by atoms with van der Waals surface area (Å²) >= 11 is 0. The molecular formula is C23H20N2O3S. The van der Waals surface area contributed by atoms with Gasteiger partial charge in [0.2, 0.25) is 5.91 Å². The minimum absolute atomic E-state index is 0.124. The Kier molecular flexibility index (Phi) is 5.03. The summed E-state index contributed by atoms with van der Waals surface area (Å²) in [6.45, 7) is 1.90. The smallest absolute Gasteiger partial charge is 0.225 e. The van der Waals surface area contributed by atoms with E-state index in [2.05, 4.69) is 10.3 Å². The molecule has 1 aromatic heterocycles. The number of rotatable bonds is 5. The van der Waals surface area contributed by atoms with Crippen molar-refractivity contribution in [3.05, 3.63) is 78.4 Å². The second-order valence-electron chi connectivity index (χ2n) is 6.95. The van der Waals surface area contributed by atoms with Crippen LogP contribution in [-0.2, 0) is 14.6 Å². The molecule has 0 atom stereocenters. The number of sulfone groups is 1. The van der Waals surface area contributed by atoms with E-state index in [0.29, 0.717) is 5.69 Å². The molecule has 0 aliphatic heterocycles. The number of hydrogen-bond donors (Lipinski definition) is 1. The van der Waals surface area contributed by atoms with E-state index < -0.39 is 9.84 Å². The normalized spacial score (nSPS) is 11.6. The quantitative estimate of drug-likeness (QED) is 0.497. The van der Waals surface area contributed by atoms with E-state index in [1.165, 1.54) is 0 Å². The summed E-state index contributed by atoms with van der Waals surface area (Å²) < 4.78 is 25.1. The van der Waals surface area contributed by atoms with Crippen LogP contribution in [0.25, 0.3) is 21.8 Å². The summed E-state index contributed by atoms with van der Waals surface area (Å²) in [7, 11) is -3.52. The number of para-hydroxylation sites is 2. The largest absolute Gasteiger partial charge is 0.325 e. The van der Waals surface area contributed by atoms with Crippen molar-refractivity contribution < 1.29 is 13.2 Å². The van der Waals surface area contributed by atoms with Crippen LogP contribution in [0.5, 0.6) is 0 Å². The number of aromatic nitrogens is 1. The molecule has 3 aromatic carbocycles. The standard InChI is InChI=1S/C23H20N2O3S/c1-16-10-12-17(13-11-16)29(27,28)15-14-22(26)25-23-18-6-2-4-8-20(18)24-21-9-5-3-7-19(21)23/h2-13H,14-15H2,1H3,(H,24,25,26). The molecule has 1 N–H and O–H groups in total. The van der Waals surface area contributed by atoms with Crippen LogP contribution < -0.4 is 5.32 Å². The SMILES string of the molecule is Cc1ccc(S(=O)(=O)CCC(=O)Nc2c3ccccc3nc3ccccc23)cc1. The van der Waals surface area contributed by atoms with E-state index >= 15 is 0 Å². The fraction of sp³-hybridized carbons (Fsp3) is 0.130. The van der Waals surface area contributed by atoms with Gasteiger partial charge in [0.1, 0.15) is 0 Å². The molecule has 0 fully saturated rings. The Labute approximate surface area is 169 Å². The van der Waals surface area contributed by atoms with Crippen molar-refractivity contribution in [1.82, 2.24) is 4.98 Å². The molecule has 5 nitrogen and oxygen atoms in total. The van der Waals surface area contributed by atoms with Crippen LogP contribution in [0.1, 0.15) is 12.0 Å². The second-order valence-corrected chi connectivity index (χ2v) is 9.06. The number of amides is 1. The Morgan fingerprint density at radius 1 is 0.862 bits per heavy atom. The average Bonchev–Trinajstić information content (AvgIpc) is 2.72. The van der Waals surface area contributed by atoms with Crippen molar-refractivity contribution in [2.45, 2.75) is 18.2 Å².